The molecule has 2 aromatic rings. The van der Waals surface area contributed by atoms with E-state index in [0.29, 0.717) is 23.7 Å². The molecule has 0 heterocycles. The minimum atomic E-state index is -0.483. The zero-order valence-corrected chi connectivity index (χ0v) is 11.8. The number of halogens is 1. The van der Waals surface area contributed by atoms with E-state index in [1.807, 2.05) is 25.1 Å². The molecule has 104 valence electrons. The molecule has 0 aliphatic heterocycles. The lowest BCUT2D eigenvalue weighted by Gasteiger charge is -2.15. The van der Waals surface area contributed by atoms with Crippen molar-refractivity contribution in [3.05, 3.63) is 58.9 Å². The van der Waals surface area contributed by atoms with Gasteiger partial charge in [0.15, 0.2) is 0 Å². The highest BCUT2D eigenvalue weighted by Gasteiger charge is 2.10. The topological polar surface area (TPSA) is 26.3 Å². The van der Waals surface area contributed by atoms with Crippen LogP contribution in [0.25, 0.3) is 0 Å². The van der Waals surface area contributed by atoms with Crippen molar-refractivity contribution in [2.24, 2.45) is 0 Å². The molecule has 0 fully saturated rings. The molecule has 0 saturated heterocycles. The minimum absolute atomic E-state index is 0.263. The van der Waals surface area contributed by atoms with E-state index in [-0.39, 0.29) is 5.56 Å². The van der Waals surface area contributed by atoms with Crippen LogP contribution in [-0.2, 0) is 0 Å². The third-order valence-corrected chi connectivity index (χ3v) is 3.05. The fourth-order valence-corrected chi connectivity index (χ4v) is 2.05. The number of hydrogen-bond donors (Lipinski definition) is 0. The molecule has 0 atom stereocenters. The van der Waals surface area contributed by atoms with Crippen molar-refractivity contribution >= 4 is 6.29 Å². The van der Waals surface area contributed by atoms with E-state index in [4.69, 9.17) is 4.74 Å². The van der Waals surface area contributed by atoms with Crippen LogP contribution >= 0.6 is 0 Å². The molecule has 0 aliphatic rings. The quantitative estimate of drug-likeness (QED) is 0.743. The summed E-state index contributed by atoms with van der Waals surface area (Å²) >= 11 is 0. The Balaban J connectivity index is 2.41. The lowest BCUT2D eigenvalue weighted by atomic mass is 10.0. The van der Waals surface area contributed by atoms with Crippen LogP contribution in [0.1, 0.15) is 41.3 Å². The van der Waals surface area contributed by atoms with Crippen LogP contribution in [0.4, 0.5) is 4.39 Å². The molecule has 20 heavy (non-hydrogen) atoms. The van der Waals surface area contributed by atoms with E-state index in [2.05, 4.69) is 13.8 Å². The third-order valence-electron chi connectivity index (χ3n) is 3.05. The molecular weight excluding hydrogens is 255 g/mol. The molecule has 0 radical (unpaired) electrons. The predicted molar refractivity (Wildman–Crippen MR) is 77.1 cm³/mol. The lowest BCUT2D eigenvalue weighted by Crippen LogP contribution is -1.96. The van der Waals surface area contributed by atoms with E-state index in [1.54, 1.807) is 0 Å². The molecule has 3 heteroatoms. The highest BCUT2D eigenvalue weighted by atomic mass is 19.1. The number of rotatable bonds is 4. The second-order valence-corrected chi connectivity index (χ2v) is 5.14. The molecular formula is C17H17FO2. The molecule has 0 aliphatic carbocycles. The fourth-order valence-electron chi connectivity index (χ4n) is 2.05. The Morgan fingerprint density at radius 3 is 2.55 bits per heavy atom. The summed E-state index contributed by atoms with van der Waals surface area (Å²) in [6, 6.07) is 9.93. The van der Waals surface area contributed by atoms with E-state index in [9.17, 15) is 9.18 Å². The van der Waals surface area contributed by atoms with E-state index >= 15 is 0 Å². The van der Waals surface area contributed by atoms with E-state index in [1.165, 1.54) is 18.2 Å². The maximum atomic E-state index is 13.4. The van der Waals surface area contributed by atoms with Gasteiger partial charge in [0.25, 0.3) is 0 Å². The van der Waals surface area contributed by atoms with Gasteiger partial charge in [0.05, 0.1) is 0 Å². The second-order valence-electron chi connectivity index (χ2n) is 5.14. The van der Waals surface area contributed by atoms with Crippen LogP contribution in [0.2, 0.25) is 0 Å². The lowest BCUT2D eigenvalue weighted by molar-refractivity contribution is 0.112. The smallest absolute Gasteiger partial charge is 0.150 e. The Labute approximate surface area is 118 Å². The van der Waals surface area contributed by atoms with Crippen LogP contribution in [0.3, 0.4) is 0 Å². The molecule has 2 nitrogen and oxygen atoms in total. The van der Waals surface area contributed by atoms with Crippen molar-refractivity contribution in [2.45, 2.75) is 26.7 Å². The number of aryl methyl sites for hydroxylation is 1. The zero-order chi connectivity index (χ0) is 14.7. The fraction of sp³-hybridized carbons (Fsp3) is 0.235. The maximum absolute atomic E-state index is 13.4. The first-order chi connectivity index (χ1) is 9.49. The highest BCUT2D eigenvalue weighted by molar-refractivity contribution is 5.75. The van der Waals surface area contributed by atoms with Gasteiger partial charge in [-0.1, -0.05) is 26.0 Å². The predicted octanol–water partition coefficient (Wildman–Crippen LogP) is 4.86. The average molecular weight is 272 g/mol. The second kappa shape index (κ2) is 5.87. The highest BCUT2D eigenvalue weighted by Crippen LogP contribution is 2.32. The maximum Gasteiger partial charge on any atom is 0.150 e. The summed E-state index contributed by atoms with van der Waals surface area (Å²) < 4.78 is 19.2. The zero-order valence-electron chi connectivity index (χ0n) is 11.8. The Morgan fingerprint density at radius 1 is 1.15 bits per heavy atom. The van der Waals surface area contributed by atoms with Crippen molar-refractivity contribution in [3.63, 3.8) is 0 Å². The monoisotopic (exact) mass is 272 g/mol. The van der Waals surface area contributed by atoms with Gasteiger partial charge in [0.1, 0.15) is 23.6 Å². The van der Waals surface area contributed by atoms with Crippen molar-refractivity contribution in [2.75, 3.05) is 0 Å². The minimum Gasteiger partial charge on any atom is -0.457 e. The third kappa shape index (κ3) is 3.23. The summed E-state index contributed by atoms with van der Waals surface area (Å²) in [5.74, 6) is 0.843. The number of carbonyl (C=O) groups excluding carboxylic acids is 1. The molecule has 2 rings (SSSR count). The van der Waals surface area contributed by atoms with Crippen molar-refractivity contribution in [3.8, 4) is 11.5 Å². The van der Waals surface area contributed by atoms with E-state index < -0.39 is 5.82 Å². The summed E-state index contributed by atoms with van der Waals surface area (Å²) in [5.41, 5.74) is 2.38. The van der Waals surface area contributed by atoms with Crippen LogP contribution < -0.4 is 4.74 Å². The van der Waals surface area contributed by atoms with Gasteiger partial charge in [0, 0.05) is 11.6 Å². The molecule has 0 spiro atoms. The van der Waals surface area contributed by atoms with Gasteiger partial charge in [-0.2, -0.15) is 0 Å². The van der Waals surface area contributed by atoms with Gasteiger partial charge in [-0.15, -0.1) is 0 Å². The van der Waals surface area contributed by atoms with Gasteiger partial charge >= 0.3 is 0 Å². The van der Waals surface area contributed by atoms with E-state index in [0.717, 1.165) is 11.1 Å². The van der Waals surface area contributed by atoms with Crippen LogP contribution in [0.15, 0.2) is 36.4 Å². The summed E-state index contributed by atoms with van der Waals surface area (Å²) in [6.07, 6.45) is 0.607. The molecule has 0 bridgehead atoms. The van der Waals surface area contributed by atoms with Gasteiger partial charge in [-0.25, -0.2) is 4.39 Å². The summed E-state index contributed by atoms with van der Waals surface area (Å²) in [4.78, 5) is 10.8. The molecule has 0 unspecified atom stereocenters. The number of ether oxygens (including phenoxy) is 1. The first-order valence-electron chi connectivity index (χ1n) is 6.54. The summed E-state index contributed by atoms with van der Waals surface area (Å²) in [6.45, 7) is 6.11. The number of benzene rings is 2. The molecule has 0 aromatic heterocycles. The van der Waals surface area contributed by atoms with Gasteiger partial charge < -0.3 is 4.74 Å². The van der Waals surface area contributed by atoms with Gasteiger partial charge in [-0.3, -0.25) is 4.79 Å². The van der Waals surface area contributed by atoms with Crippen LogP contribution in [0.5, 0.6) is 11.5 Å². The molecule has 0 saturated carbocycles. The number of hydrogen-bond acceptors (Lipinski definition) is 2. The standard InChI is InChI=1S/C17H17FO2/c1-11(2)16-5-4-12(3)6-17(16)20-15-8-13(10-19)7-14(18)9-15/h4-11H,1-3H3. The van der Waals surface area contributed by atoms with Crippen molar-refractivity contribution in [1.82, 2.24) is 0 Å². The number of carbonyl (C=O) groups is 1. The van der Waals surface area contributed by atoms with Crippen molar-refractivity contribution < 1.29 is 13.9 Å². The van der Waals surface area contributed by atoms with Crippen molar-refractivity contribution in [1.29, 1.82) is 0 Å². The Morgan fingerprint density at radius 2 is 1.90 bits per heavy atom. The Bertz CT molecular complexity index is 633. The molecule has 0 N–H and O–H groups in total. The van der Waals surface area contributed by atoms with Gasteiger partial charge in [-0.05, 0) is 42.2 Å². The first-order valence-corrected chi connectivity index (χ1v) is 6.54. The van der Waals surface area contributed by atoms with Crippen LogP contribution in [-0.4, -0.2) is 6.29 Å². The summed E-state index contributed by atoms with van der Waals surface area (Å²) in [7, 11) is 0. The molecule has 2 aromatic carbocycles. The Kier molecular flexibility index (Phi) is 4.18. The first kappa shape index (κ1) is 14.3. The number of aldehydes is 1. The van der Waals surface area contributed by atoms with Gasteiger partial charge in [0.2, 0.25) is 0 Å². The Hall–Kier alpha value is -2.16. The largest absolute Gasteiger partial charge is 0.457 e. The average Bonchev–Trinajstić information content (AvgIpc) is 2.37. The normalized spacial score (nSPS) is 10.7. The summed E-state index contributed by atoms with van der Waals surface area (Å²) in [5, 5.41) is 0. The van der Waals surface area contributed by atoms with Crippen LogP contribution in [0, 0.1) is 12.7 Å². The SMILES string of the molecule is Cc1ccc(C(C)C)c(Oc2cc(F)cc(C=O)c2)c1. The molecule has 0 amide bonds.